The van der Waals surface area contributed by atoms with Gasteiger partial charge in [0.05, 0.1) is 0 Å². The van der Waals surface area contributed by atoms with E-state index in [0.29, 0.717) is 5.13 Å². The number of nitrogens with zero attached hydrogens (tertiary/aromatic N) is 1. The molecular formula is C8H11F3N2S. The summed E-state index contributed by atoms with van der Waals surface area (Å²) in [5.41, 5.74) is -0.826. The third-order valence-electron chi connectivity index (χ3n) is 1.78. The predicted octanol–water partition coefficient (Wildman–Crippen LogP) is 3.37. The maximum absolute atomic E-state index is 12.1. The monoisotopic (exact) mass is 224 g/mol. The molecule has 0 saturated heterocycles. The number of hydrogen-bond donors (Lipinski definition) is 1. The zero-order chi connectivity index (χ0) is 10.8. The van der Waals surface area contributed by atoms with Crippen LogP contribution in [0.3, 0.4) is 0 Å². The van der Waals surface area contributed by atoms with Crippen LogP contribution in [0, 0.1) is 0 Å². The van der Waals surface area contributed by atoms with Gasteiger partial charge >= 0.3 is 6.18 Å². The topological polar surface area (TPSA) is 24.9 Å². The molecule has 1 N–H and O–H groups in total. The molecule has 6 heteroatoms. The van der Waals surface area contributed by atoms with Crippen molar-refractivity contribution in [2.75, 3.05) is 5.32 Å². The third-order valence-corrected chi connectivity index (χ3v) is 2.55. The zero-order valence-corrected chi connectivity index (χ0v) is 8.67. The van der Waals surface area contributed by atoms with Crippen molar-refractivity contribution in [3.05, 3.63) is 11.1 Å². The maximum atomic E-state index is 12.1. The second-order valence-corrected chi connectivity index (χ2v) is 3.85. The van der Waals surface area contributed by atoms with Crippen molar-refractivity contribution in [3.8, 4) is 0 Å². The van der Waals surface area contributed by atoms with Gasteiger partial charge in [-0.15, -0.1) is 11.3 Å². The van der Waals surface area contributed by atoms with E-state index in [1.54, 1.807) is 0 Å². The molecule has 14 heavy (non-hydrogen) atoms. The van der Waals surface area contributed by atoms with Crippen molar-refractivity contribution >= 4 is 16.5 Å². The van der Waals surface area contributed by atoms with E-state index in [1.807, 2.05) is 13.8 Å². The van der Waals surface area contributed by atoms with Gasteiger partial charge in [-0.1, -0.05) is 6.92 Å². The molecular weight excluding hydrogens is 213 g/mol. The molecule has 0 fully saturated rings. The van der Waals surface area contributed by atoms with E-state index in [0.717, 1.165) is 23.1 Å². The normalized spacial score (nSPS) is 14.1. The van der Waals surface area contributed by atoms with E-state index in [4.69, 9.17) is 0 Å². The molecule has 0 aliphatic rings. The summed E-state index contributed by atoms with van der Waals surface area (Å²) >= 11 is 0.978. The van der Waals surface area contributed by atoms with E-state index in [9.17, 15) is 13.2 Å². The Kier molecular flexibility index (Phi) is 3.36. The first-order chi connectivity index (χ1) is 6.43. The molecule has 0 aromatic carbocycles. The average Bonchev–Trinajstić information content (AvgIpc) is 2.51. The number of anilines is 1. The Balaban J connectivity index is 2.69. The fourth-order valence-corrected chi connectivity index (χ4v) is 1.61. The van der Waals surface area contributed by atoms with E-state index in [1.165, 1.54) is 0 Å². The molecule has 1 atom stereocenters. The van der Waals surface area contributed by atoms with Crippen LogP contribution in [0.2, 0.25) is 0 Å². The summed E-state index contributed by atoms with van der Waals surface area (Å²) in [5, 5.41) is 4.24. The van der Waals surface area contributed by atoms with Crippen molar-refractivity contribution in [2.45, 2.75) is 32.5 Å². The Labute approximate surface area is 84.2 Å². The Morgan fingerprint density at radius 1 is 1.57 bits per heavy atom. The van der Waals surface area contributed by atoms with Crippen molar-refractivity contribution in [1.29, 1.82) is 0 Å². The summed E-state index contributed by atoms with van der Waals surface area (Å²) in [7, 11) is 0. The lowest BCUT2D eigenvalue weighted by Gasteiger charge is -2.08. The summed E-state index contributed by atoms with van der Waals surface area (Å²) < 4.78 is 36.4. The van der Waals surface area contributed by atoms with Gasteiger partial charge < -0.3 is 5.32 Å². The number of halogens is 3. The fraction of sp³-hybridized carbons (Fsp3) is 0.625. The Morgan fingerprint density at radius 2 is 2.21 bits per heavy atom. The summed E-state index contributed by atoms with van der Waals surface area (Å²) in [5.74, 6) is 0. The molecule has 80 valence electrons. The quantitative estimate of drug-likeness (QED) is 0.851. The molecule has 1 rings (SSSR count). The summed E-state index contributed by atoms with van der Waals surface area (Å²) in [6.45, 7) is 3.85. The first kappa shape index (κ1) is 11.3. The molecule has 0 radical (unpaired) electrons. The highest BCUT2D eigenvalue weighted by molar-refractivity contribution is 7.13. The molecule has 1 aromatic heterocycles. The van der Waals surface area contributed by atoms with Crippen LogP contribution in [0.5, 0.6) is 0 Å². The average molecular weight is 224 g/mol. The van der Waals surface area contributed by atoms with Gasteiger partial charge in [0.25, 0.3) is 0 Å². The van der Waals surface area contributed by atoms with Gasteiger partial charge in [0.2, 0.25) is 0 Å². The van der Waals surface area contributed by atoms with Crippen molar-refractivity contribution in [1.82, 2.24) is 4.98 Å². The maximum Gasteiger partial charge on any atom is 0.434 e. The molecule has 0 saturated carbocycles. The van der Waals surface area contributed by atoms with Gasteiger partial charge in [0, 0.05) is 11.4 Å². The number of nitrogens with one attached hydrogen (secondary N) is 1. The minimum absolute atomic E-state index is 0.141. The van der Waals surface area contributed by atoms with Crippen LogP contribution in [-0.4, -0.2) is 11.0 Å². The number of rotatable bonds is 3. The van der Waals surface area contributed by atoms with Crippen molar-refractivity contribution < 1.29 is 13.2 Å². The molecule has 0 amide bonds. The van der Waals surface area contributed by atoms with Gasteiger partial charge in [0.1, 0.15) is 0 Å². The zero-order valence-electron chi connectivity index (χ0n) is 7.85. The molecule has 0 bridgehead atoms. The number of hydrogen-bond acceptors (Lipinski definition) is 3. The van der Waals surface area contributed by atoms with Crippen LogP contribution in [0.25, 0.3) is 0 Å². The first-order valence-electron chi connectivity index (χ1n) is 4.22. The summed E-state index contributed by atoms with van der Waals surface area (Å²) in [6.07, 6.45) is -3.49. The molecule has 0 aliphatic heterocycles. The van der Waals surface area contributed by atoms with Gasteiger partial charge in [-0.05, 0) is 13.3 Å². The van der Waals surface area contributed by atoms with Crippen molar-refractivity contribution in [2.24, 2.45) is 0 Å². The Morgan fingerprint density at radius 3 is 2.64 bits per heavy atom. The molecule has 1 aromatic rings. The molecule has 0 spiro atoms. The Bertz CT molecular complexity index is 295. The largest absolute Gasteiger partial charge is 0.434 e. The molecule has 1 heterocycles. The molecule has 1 unspecified atom stereocenters. The first-order valence-corrected chi connectivity index (χ1v) is 5.10. The van der Waals surface area contributed by atoms with Crippen LogP contribution >= 0.6 is 11.3 Å². The van der Waals surface area contributed by atoms with Crippen LogP contribution < -0.4 is 5.32 Å². The number of aromatic nitrogens is 1. The highest BCUT2D eigenvalue weighted by atomic mass is 32.1. The van der Waals surface area contributed by atoms with Gasteiger partial charge in [-0.2, -0.15) is 13.2 Å². The second-order valence-electron chi connectivity index (χ2n) is 2.99. The molecule has 0 aliphatic carbocycles. The summed E-state index contributed by atoms with van der Waals surface area (Å²) in [4.78, 5) is 3.45. The number of thiazole rings is 1. The third kappa shape index (κ3) is 2.87. The molecule has 2 nitrogen and oxygen atoms in total. The van der Waals surface area contributed by atoms with Gasteiger partial charge in [-0.25, -0.2) is 4.98 Å². The SMILES string of the molecule is CCC(C)Nc1nc(C(F)(F)F)cs1. The van der Waals surface area contributed by atoms with E-state index < -0.39 is 11.9 Å². The van der Waals surface area contributed by atoms with E-state index in [-0.39, 0.29) is 6.04 Å². The highest BCUT2D eigenvalue weighted by Crippen LogP contribution is 2.31. The van der Waals surface area contributed by atoms with E-state index in [2.05, 4.69) is 10.3 Å². The smallest absolute Gasteiger partial charge is 0.359 e. The number of alkyl halides is 3. The van der Waals surface area contributed by atoms with E-state index >= 15 is 0 Å². The lowest BCUT2D eigenvalue weighted by atomic mass is 10.3. The lowest BCUT2D eigenvalue weighted by Crippen LogP contribution is -2.13. The van der Waals surface area contributed by atoms with Gasteiger partial charge in [0.15, 0.2) is 10.8 Å². The fourth-order valence-electron chi connectivity index (χ4n) is 0.783. The Hall–Kier alpha value is -0.780. The second kappa shape index (κ2) is 4.16. The van der Waals surface area contributed by atoms with Crippen LogP contribution in [0.4, 0.5) is 18.3 Å². The van der Waals surface area contributed by atoms with Crippen LogP contribution in [-0.2, 0) is 6.18 Å². The van der Waals surface area contributed by atoms with Crippen LogP contribution in [0.15, 0.2) is 5.38 Å². The van der Waals surface area contributed by atoms with Crippen molar-refractivity contribution in [3.63, 3.8) is 0 Å². The standard InChI is InChI=1S/C8H11F3N2S/c1-3-5(2)12-7-13-6(4-14-7)8(9,10)11/h4-5H,3H2,1-2H3,(H,12,13). The minimum Gasteiger partial charge on any atom is -0.359 e. The lowest BCUT2D eigenvalue weighted by molar-refractivity contribution is -0.140. The van der Waals surface area contributed by atoms with Crippen LogP contribution in [0.1, 0.15) is 26.0 Å². The highest BCUT2D eigenvalue weighted by Gasteiger charge is 2.33. The minimum atomic E-state index is -4.34. The van der Waals surface area contributed by atoms with Gasteiger partial charge in [-0.3, -0.25) is 0 Å². The summed E-state index contributed by atoms with van der Waals surface area (Å²) in [6, 6.07) is 0.141. The predicted molar refractivity (Wildman–Crippen MR) is 50.5 cm³/mol.